The summed E-state index contributed by atoms with van der Waals surface area (Å²) in [4.78, 5) is 17.5. The quantitative estimate of drug-likeness (QED) is 0.545. The minimum Gasteiger partial charge on any atom is -0.497 e. The Kier molecular flexibility index (Phi) is 5.29. The van der Waals surface area contributed by atoms with Gasteiger partial charge in [0.2, 0.25) is 5.91 Å². The van der Waals surface area contributed by atoms with Crippen LogP contribution in [0.3, 0.4) is 0 Å². The van der Waals surface area contributed by atoms with Gasteiger partial charge in [0.25, 0.3) is 0 Å². The summed E-state index contributed by atoms with van der Waals surface area (Å²) in [5, 5.41) is 5.39. The Balaban J connectivity index is 1.63. The van der Waals surface area contributed by atoms with Crippen LogP contribution in [0.1, 0.15) is 23.0 Å². The highest BCUT2D eigenvalue weighted by molar-refractivity contribution is 5.90. The number of hydrogen-bond acceptors (Lipinski definition) is 3. The molecule has 5 nitrogen and oxygen atoms in total. The predicted molar refractivity (Wildman–Crippen MR) is 114 cm³/mol. The topological polar surface area (TPSA) is 56.1 Å². The van der Waals surface area contributed by atoms with E-state index in [-0.39, 0.29) is 11.9 Å². The maximum absolute atomic E-state index is 13.0. The van der Waals surface area contributed by atoms with Gasteiger partial charge in [-0.3, -0.25) is 4.79 Å². The van der Waals surface area contributed by atoms with E-state index in [4.69, 9.17) is 4.74 Å². The summed E-state index contributed by atoms with van der Waals surface area (Å²) in [5.74, 6) is 1.45. The number of aryl methyl sites for hydroxylation is 1. The van der Waals surface area contributed by atoms with E-state index < -0.39 is 0 Å². The smallest absolute Gasteiger partial charge is 0.225 e. The van der Waals surface area contributed by atoms with Crippen molar-refractivity contribution in [2.45, 2.75) is 12.5 Å². The van der Waals surface area contributed by atoms with Crippen LogP contribution in [0.4, 0.5) is 0 Å². The Hall–Kier alpha value is -3.60. The maximum Gasteiger partial charge on any atom is 0.225 e. The molecule has 1 amide bonds. The first-order valence-corrected chi connectivity index (χ1v) is 9.53. The van der Waals surface area contributed by atoms with E-state index in [2.05, 4.69) is 28.5 Å². The van der Waals surface area contributed by atoms with E-state index in [1.807, 2.05) is 66.3 Å². The zero-order valence-corrected chi connectivity index (χ0v) is 16.5. The largest absolute Gasteiger partial charge is 0.497 e. The molecule has 0 aliphatic heterocycles. The molecule has 1 aromatic heterocycles. The molecule has 29 heavy (non-hydrogen) atoms. The number of carbonyl (C=O) groups excluding carboxylic acids is 1. The molecule has 5 heteroatoms. The van der Waals surface area contributed by atoms with Gasteiger partial charge in [-0.1, -0.05) is 54.6 Å². The molecule has 0 fully saturated rings. The molecule has 3 aromatic carbocycles. The molecule has 0 aliphatic rings. The molecule has 4 aromatic rings. The highest BCUT2D eigenvalue weighted by Crippen LogP contribution is 2.25. The van der Waals surface area contributed by atoms with E-state index in [9.17, 15) is 4.79 Å². The molecule has 1 unspecified atom stereocenters. The van der Waals surface area contributed by atoms with Crippen LogP contribution in [0.5, 0.6) is 5.75 Å². The van der Waals surface area contributed by atoms with Gasteiger partial charge in [0.05, 0.1) is 13.5 Å². The van der Waals surface area contributed by atoms with Crippen molar-refractivity contribution in [1.29, 1.82) is 0 Å². The lowest BCUT2D eigenvalue weighted by Crippen LogP contribution is -2.32. The molecule has 1 atom stereocenters. The number of methoxy groups -OCH3 is 1. The SMILES string of the molecule is COc1cccc(C(NC(=O)Cc2cccc3ccccc23)c2nccn2C)c1. The number of amides is 1. The zero-order valence-electron chi connectivity index (χ0n) is 16.5. The Labute approximate surface area is 170 Å². The highest BCUT2D eigenvalue weighted by Gasteiger charge is 2.21. The number of imidazole rings is 1. The second-order valence-corrected chi connectivity index (χ2v) is 6.99. The van der Waals surface area contributed by atoms with Crippen LogP contribution in [-0.2, 0) is 18.3 Å². The Morgan fingerprint density at radius 3 is 2.69 bits per heavy atom. The number of hydrogen-bond donors (Lipinski definition) is 1. The van der Waals surface area contributed by atoms with Crippen molar-refractivity contribution < 1.29 is 9.53 Å². The Morgan fingerprint density at radius 1 is 1.10 bits per heavy atom. The number of rotatable bonds is 6. The van der Waals surface area contributed by atoms with Gasteiger partial charge in [0.15, 0.2) is 0 Å². The monoisotopic (exact) mass is 385 g/mol. The van der Waals surface area contributed by atoms with Crippen molar-refractivity contribution in [3.05, 3.63) is 96.1 Å². The first kappa shape index (κ1) is 18.7. The molecule has 1 heterocycles. The van der Waals surface area contributed by atoms with Crippen molar-refractivity contribution in [3.63, 3.8) is 0 Å². The van der Waals surface area contributed by atoms with Crippen molar-refractivity contribution in [1.82, 2.24) is 14.9 Å². The van der Waals surface area contributed by atoms with Crippen molar-refractivity contribution in [2.24, 2.45) is 7.05 Å². The summed E-state index contributed by atoms with van der Waals surface area (Å²) >= 11 is 0. The number of nitrogens with one attached hydrogen (secondary N) is 1. The molecule has 0 radical (unpaired) electrons. The number of carbonyl (C=O) groups is 1. The van der Waals surface area contributed by atoms with Gasteiger partial charge >= 0.3 is 0 Å². The third-order valence-corrected chi connectivity index (χ3v) is 5.08. The molecule has 0 spiro atoms. The number of ether oxygens (including phenoxy) is 1. The summed E-state index contributed by atoms with van der Waals surface area (Å²) in [5.41, 5.74) is 1.93. The molecule has 4 rings (SSSR count). The average Bonchev–Trinajstić information content (AvgIpc) is 3.18. The van der Waals surface area contributed by atoms with Crippen LogP contribution >= 0.6 is 0 Å². The van der Waals surface area contributed by atoms with Crippen LogP contribution < -0.4 is 10.1 Å². The van der Waals surface area contributed by atoms with E-state index in [1.54, 1.807) is 13.3 Å². The molecule has 0 aliphatic carbocycles. The van der Waals surface area contributed by atoms with Crippen LogP contribution in [0.25, 0.3) is 10.8 Å². The third-order valence-electron chi connectivity index (χ3n) is 5.08. The predicted octanol–water partition coefficient (Wildman–Crippen LogP) is 4.03. The van der Waals surface area contributed by atoms with Gasteiger partial charge in [0, 0.05) is 19.4 Å². The Bertz CT molecular complexity index is 1140. The first-order chi connectivity index (χ1) is 14.2. The van der Waals surface area contributed by atoms with E-state index in [0.29, 0.717) is 6.42 Å². The summed E-state index contributed by atoms with van der Waals surface area (Å²) in [6.45, 7) is 0. The number of nitrogens with zero attached hydrogens (tertiary/aromatic N) is 2. The summed E-state index contributed by atoms with van der Waals surface area (Å²) in [6.07, 6.45) is 3.91. The lowest BCUT2D eigenvalue weighted by Gasteiger charge is -2.20. The van der Waals surface area contributed by atoms with Crippen molar-refractivity contribution >= 4 is 16.7 Å². The number of benzene rings is 3. The lowest BCUT2D eigenvalue weighted by molar-refractivity contribution is -0.121. The van der Waals surface area contributed by atoms with Crippen LogP contribution in [-0.4, -0.2) is 22.6 Å². The van der Waals surface area contributed by atoms with Crippen molar-refractivity contribution in [3.8, 4) is 5.75 Å². The number of fused-ring (bicyclic) bond motifs is 1. The summed E-state index contributed by atoms with van der Waals surface area (Å²) in [7, 11) is 3.56. The summed E-state index contributed by atoms with van der Waals surface area (Å²) < 4.78 is 7.28. The van der Waals surface area contributed by atoms with E-state index in [1.165, 1.54) is 0 Å². The van der Waals surface area contributed by atoms with Gasteiger partial charge in [0.1, 0.15) is 17.6 Å². The van der Waals surface area contributed by atoms with Gasteiger partial charge in [-0.15, -0.1) is 0 Å². The maximum atomic E-state index is 13.0. The van der Waals surface area contributed by atoms with Gasteiger partial charge in [-0.2, -0.15) is 0 Å². The van der Waals surface area contributed by atoms with E-state index >= 15 is 0 Å². The third kappa shape index (κ3) is 3.99. The standard InChI is InChI=1S/C24H23N3O2/c1-27-14-13-25-24(27)23(19-10-6-11-20(15-19)29-2)26-22(28)16-18-9-5-8-17-7-3-4-12-21(17)18/h3-15,23H,16H2,1-2H3,(H,26,28). The Morgan fingerprint density at radius 2 is 1.90 bits per heavy atom. The molecular formula is C24H23N3O2. The zero-order chi connectivity index (χ0) is 20.2. The number of aromatic nitrogens is 2. The molecule has 0 saturated carbocycles. The first-order valence-electron chi connectivity index (χ1n) is 9.53. The fourth-order valence-electron chi connectivity index (χ4n) is 3.60. The fraction of sp³-hybridized carbons (Fsp3) is 0.167. The highest BCUT2D eigenvalue weighted by atomic mass is 16.5. The van der Waals surface area contributed by atoms with Crippen LogP contribution in [0, 0.1) is 0 Å². The lowest BCUT2D eigenvalue weighted by atomic mass is 10.0. The molecule has 1 N–H and O–H groups in total. The van der Waals surface area contributed by atoms with Crippen LogP contribution in [0.2, 0.25) is 0 Å². The second-order valence-electron chi connectivity index (χ2n) is 6.99. The van der Waals surface area contributed by atoms with Gasteiger partial charge in [-0.05, 0) is 34.0 Å². The fourth-order valence-corrected chi connectivity index (χ4v) is 3.60. The molecule has 146 valence electrons. The summed E-state index contributed by atoms with van der Waals surface area (Å²) in [6, 6.07) is 21.5. The van der Waals surface area contributed by atoms with Gasteiger partial charge < -0.3 is 14.6 Å². The average molecular weight is 385 g/mol. The minimum atomic E-state index is -0.368. The van der Waals surface area contributed by atoms with Gasteiger partial charge in [-0.25, -0.2) is 4.98 Å². The normalized spacial score (nSPS) is 11.9. The molecule has 0 saturated heterocycles. The minimum absolute atomic E-state index is 0.0582. The second kappa shape index (κ2) is 8.19. The van der Waals surface area contributed by atoms with Crippen LogP contribution in [0.15, 0.2) is 79.1 Å². The van der Waals surface area contributed by atoms with E-state index in [0.717, 1.165) is 33.5 Å². The van der Waals surface area contributed by atoms with Crippen molar-refractivity contribution in [2.75, 3.05) is 7.11 Å². The molecule has 0 bridgehead atoms. The molecular weight excluding hydrogens is 362 g/mol.